The van der Waals surface area contributed by atoms with Crippen molar-refractivity contribution in [1.29, 1.82) is 0 Å². The van der Waals surface area contributed by atoms with Crippen molar-refractivity contribution < 1.29 is 36.2 Å². The maximum atomic E-state index is 13.3. The van der Waals surface area contributed by atoms with Crippen LogP contribution in [0.2, 0.25) is 0 Å². The Morgan fingerprint density at radius 2 is 1.61 bits per heavy atom. The number of fused-ring (bicyclic) bond motifs is 2. The van der Waals surface area contributed by atoms with Crippen molar-refractivity contribution >= 4 is 11.6 Å². The molecule has 1 N–H and O–H groups in total. The fourth-order valence-corrected chi connectivity index (χ4v) is 4.36. The highest BCUT2D eigenvalue weighted by Gasteiger charge is 2.71. The van der Waals surface area contributed by atoms with Crippen molar-refractivity contribution in [3.05, 3.63) is 64.7 Å². The summed E-state index contributed by atoms with van der Waals surface area (Å²) in [7, 11) is 0. The van der Waals surface area contributed by atoms with Gasteiger partial charge in [-0.1, -0.05) is 36.4 Å². The second-order valence-corrected chi connectivity index (χ2v) is 7.95. The topological polar surface area (TPSA) is 40.5 Å². The van der Waals surface area contributed by atoms with Gasteiger partial charge in [-0.3, -0.25) is 4.79 Å². The van der Waals surface area contributed by atoms with Crippen LogP contribution in [-0.4, -0.2) is 29.9 Å². The Kier molecular flexibility index (Phi) is 5.07. The Hall–Kier alpha value is -2.55. The number of anilines is 1. The third kappa shape index (κ3) is 3.39. The van der Waals surface area contributed by atoms with Crippen LogP contribution in [0, 0.1) is 0 Å². The standard InChI is InChI=1S/C22H19F6NO2/c23-21(24,25)20(31,22(26,27)28)15-8-9-18-14(11-15)6-3-4-10-29(18)19(30)17-12-13-5-1-2-7-16(13)17/h1-2,5,7-9,11,17,31H,3-4,6,10,12H2. The van der Waals surface area contributed by atoms with Crippen molar-refractivity contribution in [2.75, 3.05) is 11.4 Å². The number of rotatable bonds is 2. The maximum absolute atomic E-state index is 13.3. The molecule has 1 aliphatic heterocycles. The van der Waals surface area contributed by atoms with E-state index in [2.05, 4.69) is 0 Å². The number of benzene rings is 2. The molecule has 1 aliphatic carbocycles. The van der Waals surface area contributed by atoms with Crippen LogP contribution in [0.1, 0.15) is 41.0 Å². The third-order valence-electron chi connectivity index (χ3n) is 6.11. The Balaban J connectivity index is 1.72. The van der Waals surface area contributed by atoms with Crippen LogP contribution in [-0.2, 0) is 23.2 Å². The first kappa shape index (κ1) is 21.7. The van der Waals surface area contributed by atoms with Crippen LogP contribution < -0.4 is 4.90 Å². The Morgan fingerprint density at radius 1 is 0.935 bits per heavy atom. The van der Waals surface area contributed by atoms with E-state index in [1.807, 2.05) is 24.3 Å². The molecule has 0 saturated heterocycles. The molecule has 1 amide bonds. The summed E-state index contributed by atoms with van der Waals surface area (Å²) in [5.41, 5.74) is -3.87. The quantitative estimate of drug-likeness (QED) is 0.664. The summed E-state index contributed by atoms with van der Waals surface area (Å²) in [6.07, 6.45) is -10.1. The largest absolute Gasteiger partial charge is 0.430 e. The minimum Gasteiger partial charge on any atom is -0.369 e. The lowest BCUT2D eigenvalue weighted by Gasteiger charge is -2.35. The molecule has 166 valence electrons. The molecule has 1 heterocycles. The number of aliphatic hydroxyl groups is 1. The molecule has 0 radical (unpaired) electrons. The smallest absolute Gasteiger partial charge is 0.369 e. The number of alkyl halides is 6. The van der Waals surface area contributed by atoms with E-state index < -0.39 is 23.5 Å². The van der Waals surface area contributed by atoms with Gasteiger partial charge in [0.15, 0.2) is 0 Å². The Bertz CT molecular complexity index is 1000. The third-order valence-corrected chi connectivity index (χ3v) is 6.11. The summed E-state index contributed by atoms with van der Waals surface area (Å²) < 4.78 is 79.6. The van der Waals surface area contributed by atoms with Gasteiger partial charge < -0.3 is 10.0 Å². The molecule has 2 aliphatic rings. The summed E-state index contributed by atoms with van der Waals surface area (Å²) in [6, 6.07) is 9.87. The number of aryl methyl sites for hydroxylation is 1. The van der Waals surface area contributed by atoms with Crippen LogP contribution in [0.15, 0.2) is 42.5 Å². The molecule has 0 saturated carbocycles. The van der Waals surface area contributed by atoms with Gasteiger partial charge in [-0.05, 0) is 48.4 Å². The summed E-state index contributed by atoms with van der Waals surface area (Å²) in [4.78, 5) is 14.6. The fourth-order valence-electron chi connectivity index (χ4n) is 4.36. The van der Waals surface area contributed by atoms with Crippen LogP contribution in [0.5, 0.6) is 0 Å². The van der Waals surface area contributed by atoms with Crippen molar-refractivity contribution in [3.8, 4) is 0 Å². The molecule has 0 bridgehead atoms. The summed E-state index contributed by atoms with van der Waals surface area (Å²) in [6.45, 7) is 0.326. The number of halogens is 6. The highest BCUT2D eigenvalue weighted by Crippen LogP contribution is 2.51. The van der Waals surface area contributed by atoms with Gasteiger partial charge >= 0.3 is 12.4 Å². The van der Waals surface area contributed by atoms with Gasteiger partial charge in [-0.2, -0.15) is 26.3 Å². The van der Waals surface area contributed by atoms with E-state index in [1.54, 1.807) is 0 Å². The molecule has 31 heavy (non-hydrogen) atoms. The number of nitrogens with zero attached hydrogens (tertiary/aromatic N) is 1. The number of carbonyl (C=O) groups excluding carboxylic acids is 1. The second kappa shape index (κ2) is 7.25. The molecule has 1 atom stereocenters. The normalized spacial score (nSPS) is 19.2. The molecule has 0 aromatic heterocycles. The van der Waals surface area contributed by atoms with E-state index >= 15 is 0 Å². The lowest BCUT2D eigenvalue weighted by atomic mass is 9.76. The molecule has 4 rings (SSSR count). The molecule has 0 fully saturated rings. The van der Waals surface area contributed by atoms with E-state index in [-0.39, 0.29) is 23.8 Å². The molecular formula is C22H19F6NO2. The average Bonchev–Trinajstić information content (AvgIpc) is 2.88. The number of carbonyl (C=O) groups is 1. The minimum atomic E-state index is -5.95. The zero-order valence-electron chi connectivity index (χ0n) is 16.2. The minimum absolute atomic E-state index is 0.183. The first-order valence-corrected chi connectivity index (χ1v) is 9.83. The van der Waals surface area contributed by atoms with E-state index in [9.17, 15) is 36.2 Å². The average molecular weight is 443 g/mol. The van der Waals surface area contributed by atoms with E-state index in [0.29, 0.717) is 37.6 Å². The molecular weight excluding hydrogens is 424 g/mol. The van der Waals surface area contributed by atoms with Gasteiger partial charge in [-0.25, -0.2) is 0 Å². The van der Waals surface area contributed by atoms with Crippen molar-refractivity contribution in [3.63, 3.8) is 0 Å². The fraction of sp³-hybridized carbons (Fsp3) is 0.409. The highest BCUT2D eigenvalue weighted by atomic mass is 19.4. The first-order valence-electron chi connectivity index (χ1n) is 9.83. The van der Waals surface area contributed by atoms with Gasteiger partial charge in [0.05, 0.1) is 5.92 Å². The second-order valence-electron chi connectivity index (χ2n) is 7.95. The lowest BCUT2D eigenvalue weighted by Crippen LogP contribution is -2.54. The Labute approximate surface area is 174 Å². The van der Waals surface area contributed by atoms with Crippen molar-refractivity contribution in [2.45, 2.75) is 49.6 Å². The summed E-state index contributed by atoms with van der Waals surface area (Å²) >= 11 is 0. The van der Waals surface area contributed by atoms with Crippen LogP contribution >= 0.6 is 0 Å². The molecule has 9 heteroatoms. The van der Waals surface area contributed by atoms with E-state index in [1.165, 1.54) is 4.90 Å². The van der Waals surface area contributed by atoms with E-state index in [0.717, 1.165) is 23.3 Å². The van der Waals surface area contributed by atoms with Crippen molar-refractivity contribution in [1.82, 2.24) is 0 Å². The lowest BCUT2D eigenvalue weighted by molar-refractivity contribution is -0.376. The maximum Gasteiger partial charge on any atom is 0.430 e. The van der Waals surface area contributed by atoms with Crippen molar-refractivity contribution in [2.24, 2.45) is 0 Å². The van der Waals surface area contributed by atoms with Gasteiger partial charge in [0.25, 0.3) is 5.60 Å². The molecule has 1 unspecified atom stereocenters. The number of hydrogen-bond donors (Lipinski definition) is 1. The number of hydrogen-bond acceptors (Lipinski definition) is 2. The summed E-state index contributed by atoms with van der Waals surface area (Å²) in [5.74, 6) is -0.611. The zero-order chi connectivity index (χ0) is 22.6. The SMILES string of the molecule is O=C(C1Cc2ccccc21)N1CCCCc2cc(C(O)(C(F)(F)F)C(F)(F)F)ccc21. The zero-order valence-corrected chi connectivity index (χ0v) is 16.2. The first-order chi connectivity index (χ1) is 14.4. The Morgan fingerprint density at radius 3 is 2.26 bits per heavy atom. The molecule has 2 aromatic rings. The van der Waals surface area contributed by atoms with Crippen LogP contribution in [0.4, 0.5) is 32.0 Å². The molecule has 2 aromatic carbocycles. The predicted molar refractivity (Wildman–Crippen MR) is 101 cm³/mol. The van der Waals surface area contributed by atoms with Gasteiger partial charge in [0.1, 0.15) is 0 Å². The number of amides is 1. The highest BCUT2D eigenvalue weighted by molar-refractivity contribution is 6.00. The van der Waals surface area contributed by atoms with Gasteiger partial charge in [-0.15, -0.1) is 0 Å². The summed E-state index contributed by atoms with van der Waals surface area (Å²) in [5, 5.41) is 9.72. The molecule has 3 nitrogen and oxygen atoms in total. The van der Waals surface area contributed by atoms with Crippen LogP contribution in [0.25, 0.3) is 0 Å². The predicted octanol–water partition coefficient (Wildman–Crippen LogP) is 5.01. The van der Waals surface area contributed by atoms with Crippen LogP contribution in [0.3, 0.4) is 0 Å². The monoisotopic (exact) mass is 443 g/mol. The molecule has 0 spiro atoms. The van der Waals surface area contributed by atoms with Gasteiger partial charge in [0, 0.05) is 17.8 Å². The van der Waals surface area contributed by atoms with Gasteiger partial charge in [0.2, 0.25) is 5.91 Å². The van der Waals surface area contributed by atoms with E-state index in [4.69, 9.17) is 0 Å².